The number of hydrogen-bond donors (Lipinski definition) is 0. The van der Waals surface area contributed by atoms with Gasteiger partial charge in [0.15, 0.2) is 0 Å². The Balaban J connectivity index is 1.68. The first-order chi connectivity index (χ1) is 19.0. The van der Waals surface area contributed by atoms with Crippen LogP contribution in [0.2, 0.25) is 0 Å². The van der Waals surface area contributed by atoms with Gasteiger partial charge in [-0.3, -0.25) is 4.79 Å². The van der Waals surface area contributed by atoms with Crippen LogP contribution in [-0.4, -0.2) is 79.1 Å². The minimum absolute atomic E-state index is 0.0183. The van der Waals surface area contributed by atoms with Crippen molar-refractivity contribution in [3.05, 3.63) is 70.5 Å². The number of amides is 3. The van der Waals surface area contributed by atoms with Gasteiger partial charge >= 0.3 is 18.4 Å². The number of carbonyl (C=O) groups excluding carboxylic acids is 2. The highest BCUT2D eigenvalue weighted by Gasteiger charge is 2.46. The molecule has 0 N–H and O–H groups in total. The zero-order valence-electron chi connectivity index (χ0n) is 22.7. The van der Waals surface area contributed by atoms with E-state index in [4.69, 9.17) is 4.74 Å². The predicted octanol–water partition coefficient (Wildman–Crippen LogP) is 5.52. The molecule has 2 heterocycles. The van der Waals surface area contributed by atoms with Crippen molar-refractivity contribution in [1.82, 2.24) is 14.7 Å². The summed E-state index contributed by atoms with van der Waals surface area (Å²) >= 11 is 0. The van der Waals surface area contributed by atoms with Gasteiger partial charge in [0.25, 0.3) is 0 Å². The molecule has 2 aromatic rings. The van der Waals surface area contributed by atoms with Crippen LogP contribution in [0.1, 0.15) is 42.0 Å². The lowest BCUT2D eigenvalue weighted by Crippen LogP contribution is -2.50. The molecule has 0 bridgehead atoms. The minimum Gasteiger partial charge on any atom is -0.378 e. The number of likely N-dealkylation sites (tertiary alicyclic amines) is 1. The molecule has 3 amide bonds. The van der Waals surface area contributed by atoms with E-state index in [1.54, 1.807) is 9.80 Å². The van der Waals surface area contributed by atoms with E-state index in [1.165, 1.54) is 50.1 Å². The van der Waals surface area contributed by atoms with Crippen LogP contribution in [-0.2, 0) is 27.3 Å². The summed E-state index contributed by atoms with van der Waals surface area (Å²) in [5.74, 6) is -1.71. The molecule has 2 aliphatic heterocycles. The highest BCUT2D eigenvalue weighted by atomic mass is 19.4. The second kappa shape index (κ2) is 11.1. The molecule has 2 fully saturated rings. The minimum atomic E-state index is -5.07. The molecule has 4 rings (SSSR count). The van der Waals surface area contributed by atoms with Gasteiger partial charge in [-0.15, -0.1) is 0 Å². The van der Waals surface area contributed by atoms with E-state index in [-0.39, 0.29) is 25.2 Å². The number of nitrogens with zero attached hydrogens (tertiary/aromatic N) is 3. The third kappa shape index (κ3) is 6.44. The van der Waals surface area contributed by atoms with E-state index in [0.29, 0.717) is 44.0 Å². The van der Waals surface area contributed by atoms with Gasteiger partial charge in [0, 0.05) is 39.1 Å². The number of likely N-dealkylation sites (N-methyl/N-ethyl adjacent to an activating group) is 1. The SMILES string of the molecule is CN(C(=O)C(C)(C)c1cc(C(F)(F)F)cc(C(F)(F)F)c1)[C@@H]1CN(C(=O)N2CCOCC2)C[C@H]1c1ccc(F)cc1. The molecule has 41 heavy (non-hydrogen) atoms. The molecule has 224 valence electrons. The molecule has 13 heteroatoms. The molecule has 0 saturated carbocycles. The van der Waals surface area contributed by atoms with E-state index < -0.39 is 58.1 Å². The molecule has 2 saturated heterocycles. The molecule has 2 aromatic carbocycles. The van der Waals surface area contributed by atoms with Crippen LogP contribution in [0.15, 0.2) is 42.5 Å². The van der Waals surface area contributed by atoms with Crippen molar-refractivity contribution in [2.24, 2.45) is 0 Å². The van der Waals surface area contributed by atoms with Gasteiger partial charge in [-0.05, 0) is 55.3 Å². The van der Waals surface area contributed by atoms with Crippen LogP contribution in [0.3, 0.4) is 0 Å². The topological polar surface area (TPSA) is 53.1 Å². The summed E-state index contributed by atoms with van der Waals surface area (Å²) in [7, 11) is 1.41. The Morgan fingerprint density at radius 2 is 1.34 bits per heavy atom. The summed E-state index contributed by atoms with van der Waals surface area (Å²) in [6, 6.07) is 5.70. The lowest BCUT2D eigenvalue weighted by atomic mass is 9.80. The van der Waals surface area contributed by atoms with Crippen molar-refractivity contribution in [1.29, 1.82) is 0 Å². The number of benzene rings is 2. The Morgan fingerprint density at radius 3 is 1.85 bits per heavy atom. The second-order valence-electron chi connectivity index (χ2n) is 10.8. The number of ether oxygens (including phenoxy) is 1. The summed E-state index contributed by atoms with van der Waals surface area (Å²) < 4.78 is 100. The fourth-order valence-corrected chi connectivity index (χ4v) is 5.36. The molecule has 2 atom stereocenters. The molecule has 2 aliphatic rings. The van der Waals surface area contributed by atoms with Gasteiger partial charge in [0.1, 0.15) is 5.82 Å². The first kappa shape index (κ1) is 30.6. The number of hydrogen-bond acceptors (Lipinski definition) is 3. The zero-order chi connectivity index (χ0) is 30.3. The van der Waals surface area contributed by atoms with Crippen molar-refractivity contribution in [2.75, 3.05) is 46.4 Å². The van der Waals surface area contributed by atoms with Gasteiger partial charge in [-0.2, -0.15) is 26.3 Å². The van der Waals surface area contributed by atoms with E-state index in [2.05, 4.69) is 0 Å². The Labute approximate surface area is 232 Å². The third-order valence-electron chi connectivity index (χ3n) is 7.80. The normalized spacial score (nSPS) is 20.3. The highest BCUT2D eigenvalue weighted by molar-refractivity contribution is 5.88. The average molecular weight is 590 g/mol. The molecular weight excluding hydrogens is 559 g/mol. The Kier molecular flexibility index (Phi) is 8.32. The molecule has 0 aliphatic carbocycles. The van der Waals surface area contributed by atoms with Gasteiger partial charge in [0.05, 0.1) is 35.8 Å². The molecule has 0 radical (unpaired) electrons. The molecule has 0 unspecified atom stereocenters. The van der Waals surface area contributed by atoms with Crippen LogP contribution >= 0.6 is 0 Å². The predicted molar refractivity (Wildman–Crippen MR) is 135 cm³/mol. The van der Waals surface area contributed by atoms with Gasteiger partial charge in [-0.1, -0.05) is 12.1 Å². The van der Waals surface area contributed by atoms with Crippen molar-refractivity contribution >= 4 is 11.9 Å². The average Bonchev–Trinajstić information content (AvgIpc) is 3.37. The Hall–Kier alpha value is -3.35. The Bertz CT molecular complexity index is 1240. The van der Waals surface area contributed by atoms with Crippen LogP contribution in [0.4, 0.5) is 35.5 Å². The van der Waals surface area contributed by atoms with Gasteiger partial charge in [-0.25, -0.2) is 9.18 Å². The van der Waals surface area contributed by atoms with E-state index in [9.17, 15) is 40.3 Å². The summed E-state index contributed by atoms with van der Waals surface area (Å²) in [6.45, 7) is 4.25. The summed E-state index contributed by atoms with van der Waals surface area (Å²) in [4.78, 5) is 31.6. The van der Waals surface area contributed by atoms with Crippen LogP contribution < -0.4 is 0 Å². The van der Waals surface area contributed by atoms with E-state index >= 15 is 0 Å². The van der Waals surface area contributed by atoms with Crippen molar-refractivity contribution < 1.29 is 45.1 Å². The maximum absolute atomic E-state index is 13.9. The van der Waals surface area contributed by atoms with Crippen LogP contribution in [0, 0.1) is 5.82 Å². The van der Waals surface area contributed by atoms with Crippen molar-refractivity contribution in [3.63, 3.8) is 0 Å². The molecule has 6 nitrogen and oxygen atoms in total. The molecule has 0 aromatic heterocycles. The number of carbonyl (C=O) groups is 2. The van der Waals surface area contributed by atoms with Crippen LogP contribution in [0.25, 0.3) is 0 Å². The maximum atomic E-state index is 13.9. The number of morpholine rings is 1. The fraction of sp³-hybridized carbons (Fsp3) is 0.500. The second-order valence-corrected chi connectivity index (χ2v) is 10.8. The first-order valence-corrected chi connectivity index (χ1v) is 12.9. The zero-order valence-corrected chi connectivity index (χ0v) is 22.7. The lowest BCUT2D eigenvalue weighted by Gasteiger charge is -2.36. The van der Waals surface area contributed by atoms with E-state index in [1.807, 2.05) is 0 Å². The largest absolute Gasteiger partial charge is 0.416 e. The van der Waals surface area contributed by atoms with Crippen molar-refractivity contribution in [2.45, 2.75) is 43.6 Å². The monoisotopic (exact) mass is 589 g/mol. The third-order valence-corrected chi connectivity index (χ3v) is 7.80. The van der Waals surface area contributed by atoms with Crippen LogP contribution in [0.5, 0.6) is 0 Å². The van der Waals surface area contributed by atoms with Crippen molar-refractivity contribution in [3.8, 4) is 0 Å². The number of urea groups is 1. The number of alkyl halides is 6. The number of halogens is 7. The fourth-order valence-electron chi connectivity index (χ4n) is 5.36. The standard InChI is InChI=1S/C28H30F7N3O3/c1-26(2,18-12-19(27(30,31)32)14-20(13-18)28(33,34)35)24(39)36(3)23-16-38(25(40)37-8-10-41-11-9-37)15-22(23)17-4-6-21(29)7-5-17/h4-7,12-14,22-23H,8-11,15-16H2,1-3H3/t22-,23+/m0/s1. The highest BCUT2D eigenvalue weighted by Crippen LogP contribution is 2.40. The summed E-state index contributed by atoms with van der Waals surface area (Å²) in [6.07, 6.45) is -10.1. The number of rotatable bonds is 4. The van der Waals surface area contributed by atoms with Gasteiger partial charge < -0.3 is 19.4 Å². The lowest BCUT2D eigenvalue weighted by molar-refractivity contribution is -0.144. The quantitative estimate of drug-likeness (QED) is 0.442. The maximum Gasteiger partial charge on any atom is 0.416 e. The summed E-state index contributed by atoms with van der Waals surface area (Å²) in [5, 5.41) is 0. The smallest absolute Gasteiger partial charge is 0.378 e. The van der Waals surface area contributed by atoms with E-state index in [0.717, 1.165) is 0 Å². The summed E-state index contributed by atoms with van der Waals surface area (Å²) in [5.41, 5.74) is -4.65. The molecule has 0 spiro atoms. The first-order valence-electron chi connectivity index (χ1n) is 12.9. The Morgan fingerprint density at radius 1 is 0.829 bits per heavy atom. The van der Waals surface area contributed by atoms with Gasteiger partial charge in [0.2, 0.25) is 5.91 Å². The molecular formula is C28H30F7N3O3.